The van der Waals surface area contributed by atoms with Gasteiger partial charge in [0.15, 0.2) is 9.78 Å². The number of nitrogens with one attached hydrogen (secondary N) is 3. The molecule has 2 aromatic heterocycles. The maximum atomic E-state index is 12.8. The van der Waals surface area contributed by atoms with Gasteiger partial charge in [-0.1, -0.05) is 25.5 Å². The van der Waals surface area contributed by atoms with Crippen molar-refractivity contribution in [3.8, 4) is 0 Å². The Morgan fingerprint density at radius 2 is 2.18 bits per heavy atom. The normalized spacial score (nSPS) is 11.2. The van der Waals surface area contributed by atoms with E-state index in [-0.39, 0.29) is 6.03 Å². The Balaban J connectivity index is 1.54. The number of tetrazole rings is 1. The monoisotopic (exact) mass is 419 g/mol. The number of nitrogens with zero attached hydrogens (tertiary/aromatic N) is 4. The number of H-pyrrole nitrogens is 2. The molecule has 3 rings (SSSR count). The van der Waals surface area contributed by atoms with E-state index in [2.05, 4.69) is 44.8 Å². The number of anilines is 1. The molecule has 0 fully saturated rings. The summed E-state index contributed by atoms with van der Waals surface area (Å²) in [5.41, 5.74) is 1.89. The molecule has 0 bridgehead atoms. The minimum Gasteiger partial charge on any atom is -0.338 e. The maximum Gasteiger partial charge on any atom is 0.321 e. The molecule has 0 saturated carbocycles. The number of benzene rings is 1. The molecule has 0 atom stereocenters. The minimum atomic E-state index is -0.0645. The molecular formula is C18H25N7OS2. The number of fused-ring (bicyclic) bond motifs is 1. The number of hydrogen-bond donors (Lipinski definition) is 3. The Morgan fingerprint density at radius 3 is 2.93 bits per heavy atom. The largest absolute Gasteiger partial charge is 0.338 e. The molecule has 0 aliphatic carbocycles. The number of urea groups is 1. The molecule has 10 heteroatoms. The smallest absolute Gasteiger partial charge is 0.321 e. The molecule has 28 heavy (non-hydrogen) atoms. The highest BCUT2D eigenvalue weighted by molar-refractivity contribution is 7.73. The Labute approximate surface area is 172 Å². The van der Waals surface area contributed by atoms with Crippen molar-refractivity contribution in [3.05, 3.63) is 28.0 Å². The third-order valence-electron chi connectivity index (χ3n) is 4.25. The lowest BCUT2D eigenvalue weighted by atomic mass is 10.2. The Bertz CT molecular complexity index is 948. The lowest BCUT2D eigenvalue weighted by Crippen LogP contribution is -2.42. The van der Waals surface area contributed by atoms with Gasteiger partial charge in [0.05, 0.1) is 10.2 Å². The number of rotatable bonds is 9. The van der Waals surface area contributed by atoms with E-state index >= 15 is 0 Å². The van der Waals surface area contributed by atoms with Crippen molar-refractivity contribution >= 4 is 45.5 Å². The van der Waals surface area contributed by atoms with Crippen LogP contribution in [0.3, 0.4) is 0 Å². The van der Waals surface area contributed by atoms with Gasteiger partial charge in [0.2, 0.25) is 0 Å². The third-order valence-corrected chi connectivity index (χ3v) is 5.45. The number of aryl methyl sites for hydroxylation is 1. The molecule has 1 aromatic carbocycles. The number of amides is 2. The highest BCUT2D eigenvalue weighted by Crippen LogP contribution is 2.26. The molecule has 0 aliphatic rings. The highest BCUT2D eigenvalue weighted by atomic mass is 32.1. The van der Waals surface area contributed by atoms with Gasteiger partial charge in [-0.3, -0.25) is 4.90 Å². The number of aromatic amines is 2. The van der Waals surface area contributed by atoms with Crippen LogP contribution in [0.25, 0.3) is 10.2 Å². The van der Waals surface area contributed by atoms with Gasteiger partial charge >= 0.3 is 6.03 Å². The number of aromatic nitrogens is 5. The third kappa shape index (κ3) is 5.59. The maximum absolute atomic E-state index is 12.8. The summed E-state index contributed by atoms with van der Waals surface area (Å²) < 4.78 is 1.80. The zero-order valence-electron chi connectivity index (χ0n) is 16.1. The van der Waals surface area contributed by atoms with Gasteiger partial charge in [-0.25, -0.2) is 4.79 Å². The average Bonchev–Trinajstić information content (AvgIpc) is 3.30. The second-order valence-corrected chi connectivity index (χ2v) is 8.79. The molecule has 3 aromatic rings. The van der Waals surface area contributed by atoms with Gasteiger partial charge in [0.1, 0.15) is 0 Å². The second kappa shape index (κ2) is 9.74. The molecule has 8 nitrogen and oxygen atoms in total. The summed E-state index contributed by atoms with van der Waals surface area (Å²) in [4.78, 5) is 17.8. The predicted molar refractivity (Wildman–Crippen MR) is 114 cm³/mol. The summed E-state index contributed by atoms with van der Waals surface area (Å²) in [6.45, 7) is 5.52. The number of thiazole rings is 1. The van der Waals surface area contributed by atoms with E-state index < -0.39 is 0 Å². The van der Waals surface area contributed by atoms with Crippen LogP contribution < -0.4 is 10.2 Å². The first-order valence-electron chi connectivity index (χ1n) is 9.43. The van der Waals surface area contributed by atoms with Crippen LogP contribution in [-0.2, 0) is 6.42 Å². The van der Waals surface area contributed by atoms with E-state index in [1.54, 1.807) is 0 Å². The van der Waals surface area contributed by atoms with Crippen molar-refractivity contribution in [3.63, 3.8) is 0 Å². The van der Waals surface area contributed by atoms with Crippen LogP contribution in [0.1, 0.15) is 38.9 Å². The van der Waals surface area contributed by atoms with Crippen LogP contribution >= 0.6 is 23.6 Å². The lowest BCUT2D eigenvalue weighted by molar-refractivity contribution is 0.245. The van der Waals surface area contributed by atoms with Crippen LogP contribution in [0.4, 0.5) is 10.5 Å². The molecule has 0 unspecified atom stereocenters. The van der Waals surface area contributed by atoms with E-state index in [0.717, 1.165) is 51.4 Å². The van der Waals surface area contributed by atoms with Crippen molar-refractivity contribution in [1.82, 2.24) is 30.9 Å². The van der Waals surface area contributed by atoms with Crippen molar-refractivity contribution < 1.29 is 4.79 Å². The van der Waals surface area contributed by atoms with Crippen LogP contribution in [0.2, 0.25) is 0 Å². The number of unbranched alkanes of at least 4 members (excludes halogenated alkanes) is 2. The molecule has 0 spiro atoms. The van der Waals surface area contributed by atoms with Gasteiger partial charge in [0, 0.05) is 25.2 Å². The number of carbonyl (C=O) groups excluding carboxylic acids is 1. The topological polar surface area (TPSA) is 103 Å². The molecule has 2 heterocycles. The first kappa shape index (κ1) is 20.4. The van der Waals surface area contributed by atoms with Crippen molar-refractivity contribution in [2.75, 3.05) is 18.0 Å². The zero-order chi connectivity index (χ0) is 19.9. The molecule has 0 aliphatic heterocycles. The fourth-order valence-corrected chi connectivity index (χ4v) is 4.09. The summed E-state index contributed by atoms with van der Waals surface area (Å²) in [6, 6.07) is 5.91. The molecule has 0 saturated heterocycles. The molecule has 150 valence electrons. The summed E-state index contributed by atoms with van der Waals surface area (Å²) >= 11 is 6.74. The van der Waals surface area contributed by atoms with Gasteiger partial charge in [-0.15, -0.1) is 21.5 Å². The Hall–Kier alpha value is -2.33. The summed E-state index contributed by atoms with van der Waals surface area (Å²) in [6.07, 6.45) is 3.68. The van der Waals surface area contributed by atoms with E-state index in [1.165, 1.54) is 11.3 Å². The predicted octanol–water partition coefficient (Wildman–Crippen LogP) is 4.06. The molecule has 0 radical (unpaired) electrons. The molecular weight excluding hydrogens is 394 g/mol. The second-order valence-electron chi connectivity index (χ2n) is 7.07. The quantitative estimate of drug-likeness (QED) is 0.359. The Morgan fingerprint density at radius 1 is 1.32 bits per heavy atom. The SMILES string of the molecule is CC(C)CN(C(=O)NCCCCCc1nn[nH]n1)c1ccc2[nH]c(=S)sc2c1. The summed E-state index contributed by atoms with van der Waals surface area (Å²) in [5.74, 6) is 1.09. The molecule has 2 amide bonds. The zero-order valence-corrected chi connectivity index (χ0v) is 17.7. The van der Waals surface area contributed by atoms with Crippen molar-refractivity contribution in [2.24, 2.45) is 5.92 Å². The first-order valence-corrected chi connectivity index (χ1v) is 10.7. The van der Waals surface area contributed by atoms with Gasteiger partial charge in [-0.05, 0) is 49.2 Å². The number of hydrogen-bond acceptors (Lipinski definition) is 6. The van der Waals surface area contributed by atoms with E-state index in [9.17, 15) is 4.79 Å². The minimum absolute atomic E-state index is 0.0645. The van der Waals surface area contributed by atoms with Crippen LogP contribution in [0.15, 0.2) is 18.2 Å². The first-order chi connectivity index (χ1) is 13.5. The standard InChI is InChI=1S/C18H25N7OS2/c1-12(2)11-25(13-7-8-14-15(10-13)28-18(27)20-14)17(26)19-9-5-3-4-6-16-21-23-24-22-16/h7-8,10,12H,3-6,9,11H2,1-2H3,(H,19,26)(H,20,27)(H,21,22,23,24). The van der Waals surface area contributed by atoms with Crippen LogP contribution in [-0.4, -0.2) is 44.7 Å². The van der Waals surface area contributed by atoms with Gasteiger partial charge in [-0.2, -0.15) is 5.21 Å². The Kier molecular flexibility index (Phi) is 7.10. The molecule has 3 N–H and O–H groups in total. The van der Waals surface area contributed by atoms with Crippen LogP contribution in [0.5, 0.6) is 0 Å². The lowest BCUT2D eigenvalue weighted by Gasteiger charge is -2.25. The summed E-state index contributed by atoms with van der Waals surface area (Å²) in [7, 11) is 0. The van der Waals surface area contributed by atoms with Crippen molar-refractivity contribution in [2.45, 2.75) is 39.5 Å². The fraction of sp³-hybridized carbons (Fsp3) is 0.500. The summed E-state index contributed by atoms with van der Waals surface area (Å²) in [5, 5.41) is 16.9. The van der Waals surface area contributed by atoms with E-state index in [1.807, 2.05) is 23.1 Å². The van der Waals surface area contributed by atoms with Crippen LogP contribution in [0, 0.1) is 9.87 Å². The van der Waals surface area contributed by atoms with E-state index in [0.29, 0.717) is 19.0 Å². The van der Waals surface area contributed by atoms with Gasteiger partial charge < -0.3 is 10.3 Å². The number of carbonyl (C=O) groups is 1. The average molecular weight is 420 g/mol. The fourth-order valence-electron chi connectivity index (χ4n) is 2.94. The van der Waals surface area contributed by atoms with E-state index in [4.69, 9.17) is 12.2 Å². The van der Waals surface area contributed by atoms with Gasteiger partial charge in [0.25, 0.3) is 0 Å². The highest BCUT2D eigenvalue weighted by Gasteiger charge is 2.17. The van der Waals surface area contributed by atoms with Crippen molar-refractivity contribution in [1.29, 1.82) is 0 Å².